The summed E-state index contributed by atoms with van der Waals surface area (Å²) in [5.41, 5.74) is 4.35. The standard InChI is InChI=1S/C18H18ClN3O/c1-11-8-14(13(3)22(11)4)9-15(10-20)18(23)21-17-7-5-6-16(19)12(17)2/h5-9H,1-4H3,(H,21,23)/b15-9-. The lowest BCUT2D eigenvalue weighted by Crippen LogP contribution is -2.14. The van der Waals surface area contributed by atoms with Crippen LogP contribution in [0.2, 0.25) is 5.02 Å². The van der Waals surface area contributed by atoms with Gasteiger partial charge in [0.25, 0.3) is 5.91 Å². The Morgan fingerprint density at radius 2 is 2.04 bits per heavy atom. The van der Waals surface area contributed by atoms with E-state index in [4.69, 9.17) is 11.6 Å². The number of rotatable bonds is 3. The first-order chi connectivity index (χ1) is 10.8. The number of hydrogen-bond donors (Lipinski definition) is 1. The highest BCUT2D eigenvalue weighted by Crippen LogP contribution is 2.24. The summed E-state index contributed by atoms with van der Waals surface area (Å²) in [5, 5.41) is 12.6. The molecule has 0 aliphatic carbocycles. The van der Waals surface area contributed by atoms with Crippen LogP contribution < -0.4 is 5.32 Å². The SMILES string of the molecule is Cc1c(Cl)cccc1NC(=O)/C(C#N)=C\c1cc(C)n(C)c1C. The van der Waals surface area contributed by atoms with E-state index < -0.39 is 5.91 Å². The van der Waals surface area contributed by atoms with Crippen LogP contribution in [0.15, 0.2) is 29.8 Å². The van der Waals surface area contributed by atoms with Crippen molar-refractivity contribution < 1.29 is 4.79 Å². The van der Waals surface area contributed by atoms with Gasteiger partial charge in [-0.15, -0.1) is 0 Å². The number of benzene rings is 1. The zero-order valence-corrected chi connectivity index (χ0v) is 14.3. The largest absolute Gasteiger partial charge is 0.352 e. The first-order valence-electron chi connectivity index (χ1n) is 7.16. The molecule has 0 fully saturated rings. The van der Waals surface area contributed by atoms with Crippen molar-refractivity contribution in [1.29, 1.82) is 5.26 Å². The van der Waals surface area contributed by atoms with E-state index in [2.05, 4.69) is 5.32 Å². The summed E-state index contributed by atoms with van der Waals surface area (Å²) in [5.74, 6) is -0.446. The summed E-state index contributed by atoms with van der Waals surface area (Å²) >= 11 is 6.05. The Hall–Kier alpha value is -2.51. The zero-order valence-electron chi connectivity index (χ0n) is 13.6. The van der Waals surface area contributed by atoms with Gasteiger partial charge in [0.15, 0.2) is 0 Å². The molecule has 0 saturated carbocycles. The van der Waals surface area contributed by atoms with E-state index in [1.165, 1.54) is 0 Å². The van der Waals surface area contributed by atoms with Crippen molar-refractivity contribution in [3.05, 3.63) is 57.4 Å². The second-order valence-corrected chi connectivity index (χ2v) is 5.83. The molecule has 2 rings (SSSR count). The smallest absolute Gasteiger partial charge is 0.266 e. The van der Waals surface area contributed by atoms with E-state index in [9.17, 15) is 10.1 Å². The number of hydrogen-bond acceptors (Lipinski definition) is 2. The van der Waals surface area contributed by atoms with Crippen molar-refractivity contribution >= 4 is 29.3 Å². The average Bonchev–Trinajstić information content (AvgIpc) is 2.76. The summed E-state index contributed by atoms with van der Waals surface area (Å²) in [7, 11) is 1.95. The van der Waals surface area contributed by atoms with Gasteiger partial charge in [0.05, 0.1) is 0 Å². The van der Waals surface area contributed by atoms with Crippen molar-refractivity contribution in [2.75, 3.05) is 5.32 Å². The number of anilines is 1. The van der Waals surface area contributed by atoms with Gasteiger partial charge in [0.2, 0.25) is 0 Å². The molecule has 118 valence electrons. The fraction of sp³-hybridized carbons (Fsp3) is 0.222. The van der Waals surface area contributed by atoms with Gasteiger partial charge in [-0.3, -0.25) is 4.79 Å². The van der Waals surface area contributed by atoms with Crippen LogP contribution in [-0.2, 0) is 11.8 Å². The lowest BCUT2D eigenvalue weighted by atomic mass is 10.1. The summed E-state index contributed by atoms with van der Waals surface area (Å²) in [4.78, 5) is 12.4. The molecular weight excluding hydrogens is 310 g/mol. The maximum atomic E-state index is 12.4. The minimum atomic E-state index is -0.446. The lowest BCUT2D eigenvalue weighted by Gasteiger charge is -2.08. The molecule has 1 heterocycles. The predicted molar refractivity (Wildman–Crippen MR) is 93.3 cm³/mol. The number of nitriles is 1. The molecule has 0 atom stereocenters. The molecule has 1 aromatic carbocycles. The maximum Gasteiger partial charge on any atom is 0.266 e. The molecule has 0 radical (unpaired) electrons. The molecule has 0 aliphatic heterocycles. The highest BCUT2D eigenvalue weighted by Gasteiger charge is 2.13. The highest BCUT2D eigenvalue weighted by molar-refractivity contribution is 6.31. The number of nitrogens with one attached hydrogen (secondary N) is 1. The number of carbonyl (C=O) groups is 1. The van der Waals surface area contributed by atoms with Gasteiger partial charge >= 0.3 is 0 Å². The molecular formula is C18H18ClN3O. The third-order valence-corrected chi connectivity index (χ3v) is 4.40. The van der Waals surface area contributed by atoms with Crippen LogP contribution in [0.1, 0.15) is 22.5 Å². The Morgan fingerprint density at radius 1 is 1.35 bits per heavy atom. The van der Waals surface area contributed by atoms with Gasteiger partial charge in [-0.2, -0.15) is 5.26 Å². The molecule has 0 saturated heterocycles. The monoisotopic (exact) mass is 327 g/mol. The summed E-state index contributed by atoms with van der Waals surface area (Å²) in [6, 6.07) is 9.18. The van der Waals surface area contributed by atoms with Crippen LogP contribution in [0.3, 0.4) is 0 Å². The molecule has 0 spiro atoms. The van der Waals surface area contributed by atoms with Gasteiger partial charge < -0.3 is 9.88 Å². The second kappa shape index (κ2) is 6.72. The fourth-order valence-electron chi connectivity index (χ4n) is 2.27. The zero-order chi connectivity index (χ0) is 17.1. The second-order valence-electron chi connectivity index (χ2n) is 5.42. The average molecular weight is 328 g/mol. The molecule has 1 aromatic heterocycles. The van der Waals surface area contributed by atoms with Crippen LogP contribution in [0.25, 0.3) is 6.08 Å². The van der Waals surface area contributed by atoms with Crippen molar-refractivity contribution in [2.24, 2.45) is 7.05 Å². The van der Waals surface area contributed by atoms with Crippen LogP contribution in [0.5, 0.6) is 0 Å². The molecule has 5 heteroatoms. The Kier molecular flexibility index (Phi) is 4.92. The van der Waals surface area contributed by atoms with E-state index in [1.807, 2.05) is 44.5 Å². The molecule has 23 heavy (non-hydrogen) atoms. The molecule has 4 nitrogen and oxygen atoms in total. The number of nitrogens with zero attached hydrogens (tertiary/aromatic N) is 2. The van der Waals surface area contributed by atoms with Gasteiger partial charge in [-0.05, 0) is 56.2 Å². The molecule has 0 bridgehead atoms. The van der Waals surface area contributed by atoms with E-state index in [0.717, 1.165) is 22.5 Å². The molecule has 1 amide bonds. The molecule has 1 N–H and O–H groups in total. The minimum Gasteiger partial charge on any atom is -0.352 e. The first-order valence-corrected chi connectivity index (χ1v) is 7.54. The third-order valence-electron chi connectivity index (χ3n) is 4.00. The third kappa shape index (κ3) is 3.46. The number of aromatic nitrogens is 1. The number of aryl methyl sites for hydroxylation is 1. The quantitative estimate of drug-likeness (QED) is 0.680. The van der Waals surface area contributed by atoms with Crippen molar-refractivity contribution in [1.82, 2.24) is 4.57 Å². The lowest BCUT2D eigenvalue weighted by molar-refractivity contribution is -0.112. The van der Waals surface area contributed by atoms with E-state index >= 15 is 0 Å². The van der Waals surface area contributed by atoms with Gasteiger partial charge in [-0.25, -0.2) is 0 Å². The highest BCUT2D eigenvalue weighted by atomic mass is 35.5. The summed E-state index contributed by atoms with van der Waals surface area (Å²) in [6.07, 6.45) is 1.61. The van der Waals surface area contributed by atoms with Crippen LogP contribution >= 0.6 is 11.6 Å². The Labute approximate surface area is 141 Å². The van der Waals surface area contributed by atoms with Crippen LogP contribution in [0, 0.1) is 32.1 Å². The molecule has 0 unspecified atom stereocenters. The minimum absolute atomic E-state index is 0.0538. The Balaban J connectivity index is 2.32. The van der Waals surface area contributed by atoms with Crippen molar-refractivity contribution in [3.63, 3.8) is 0 Å². The molecule has 0 aliphatic rings. The maximum absolute atomic E-state index is 12.4. The van der Waals surface area contributed by atoms with Crippen molar-refractivity contribution in [2.45, 2.75) is 20.8 Å². The number of carbonyl (C=O) groups excluding carboxylic acids is 1. The fourth-order valence-corrected chi connectivity index (χ4v) is 2.44. The topological polar surface area (TPSA) is 57.8 Å². The summed E-state index contributed by atoms with van der Waals surface area (Å²) < 4.78 is 2.01. The Bertz CT molecular complexity index is 841. The number of halogens is 1. The van der Waals surface area contributed by atoms with Crippen molar-refractivity contribution in [3.8, 4) is 6.07 Å². The van der Waals surface area contributed by atoms with Gasteiger partial charge in [0, 0.05) is 29.1 Å². The van der Waals surface area contributed by atoms with E-state index in [-0.39, 0.29) is 5.57 Å². The van der Waals surface area contributed by atoms with Gasteiger partial charge in [-0.1, -0.05) is 17.7 Å². The number of amides is 1. The predicted octanol–water partition coefficient (Wildman–Crippen LogP) is 4.15. The van der Waals surface area contributed by atoms with Crippen LogP contribution in [0.4, 0.5) is 5.69 Å². The van der Waals surface area contributed by atoms with Gasteiger partial charge in [0.1, 0.15) is 11.6 Å². The van der Waals surface area contributed by atoms with E-state index in [0.29, 0.717) is 10.7 Å². The summed E-state index contributed by atoms with van der Waals surface area (Å²) in [6.45, 7) is 5.75. The van der Waals surface area contributed by atoms with Crippen LogP contribution in [-0.4, -0.2) is 10.5 Å². The first kappa shape index (κ1) is 16.9. The molecule has 2 aromatic rings. The Morgan fingerprint density at radius 3 is 2.61 bits per heavy atom. The van der Waals surface area contributed by atoms with E-state index in [1.54, 1.807) is 24.3 Å². The normalized spacial score (nSPS) is 11.2.